The number of methoxy groups -OCH3 is 2. The number of esters is 1. The van der Waals surface area contributed by atoms with E-state index >= 15 is 0 Å². The summed E-state index contributed by atoms with van der Waals surface area (Å²) < 4.78 is 9.98. The summed E-state index contributed by atoms with van der Waals surface area (Å²) in [6.07, 6.45) is 0. The van der Waals surface area contributed by atoms with E-state index in [4.69, 9.17) is 9.47 Å². The highest BCUT2D eigenvalue weighted by atomic mass is 16.5. The topological polar surface area (TPSA) is 47.6 Å². The summed E-state index contributed by atoms with van der Waals surface area (Å²) in [5.41, 5.74) is -0.752. The van der Waals surface area contributed by atoms with Crippen molar-refractivity contribution in [3.63, 3.8) is 0 Å². The van der Waals surface area contributed by atoms with Gasteiger partial charge in [0.2, 0.25) is 0 Å². The van der Waals surface area contributed by atoms with Crippen LogP contribution in [0.15, 0.2) is 0 Å². The Morgan fingerprint density at radius 3 is 2.07 bits per heavy atom. The van der Waals surface area contributed by atoms with E-state index in [0.29, 0.717) is 6.61 Å². The normalized spacial score (nSPS) is 15.5. The number of rotatable bonds is 6. The lowest BCUT2D eigenvalue weighted by Gasteiger charge is -2.36. The second-order valence-corrected chi connectivity index (χ2v) is 4.35. The molecule has 0 radical (unpaired) electrons. The minimum atomic E-state index is -0.752. The number of ether oxygens (including phenoxy) is 2. The Kier molecular flexibility index (Phi) is 5.83. The monoisotopic (exact) mass is 217 g/mol. The average Bonchev–Trinajstić information content (AvgIpc) is 2.14. The van der Waals surface area contributed by atoms with Gasteiger partial charge in [0, 0.05) is 13.2 Å². The van der Waals surface area contributed by atoms with Gasteiger partial charge in [-0.25, -0.2) is 4.79 Å². The molecule has 90 valence electrons. The highest BCUT2D eigenvalue weighted by molar-refractivity contribution is 5.81. The van der Waals surface area contributed by atoms with E-state index < -0.39 is 5.54 Å². The molecule has 0 bridgehead atoms. The van der Waals surface area contributed by atoms with Gasteiger partial charge >= 0.3 is 5.97 Å². The molecule has 0 saturated heterocycles. The molecule has 0 fully saturated rings. The van der Waals surface area contributed by atoms with E-state index in [0.717, 1.165) is 0 Å². The van der Waals surface area contributed by atoms with Crippen LogP contribution >= 0.6 is 0 Å². The quantitative estimate of drug-likeness (QED) is 0.679. The molecule has 15 heavy (non-hydrogen) atoms. The predicted molar refractivity (Wildman–Crippen MR) is 59.7 cm³/mol. The first-order valence-electron chi connectivity index (χ1n) is 5.25. The molecule has 1 unspecified atom stereocenters. The zero-order valence-corrected chi connectivity index (χ0v) is 10.6. The second kappa shape index (κ2) is 6.08. The summed E-state index contributed by atoms with van der Waals surface area (Å²) in [6.45, 7) is 8.26. The molecule has 0 spiro atoms. The minimum Gasteiger partial charge on any atom is -0.468 e. The van der Waals surface area contributed by atoms with Crippen molar-refractivity contribution in [2.24, 2.45) is 5.92 Å². The standard InChI is InChI=1S/C11H23NO3/c1-8(2)11(7-14-5,10(13)15-6)12-9(3)4/h8-9,12H,7H2,1-6H3. The van der Waals surface area contributed by atoms with Crippen LogP contribution in [0.1, 0.15) is 27.7 Å². The van der Waals surface area contributed by atoms with E-state index in [1.807, 2.05) is 27.7 Å². The van der Waals surface area contributed by atoms with Gasteiger partial charge in [0.25, 0.3) is 0 Å². The zero-order valence-electron chi connectivity index (χ0n) is 10.6. The maximum absolute atomic E-state index is 11.8. The maximum atomic E-state index is 11.8. The zero-order chi connectivity index (χ0) is 12.1. The molecule has 4 nitrogen and oxygen atoms in total. The van der Waals surface area contributed by atoms with Crippen LogP contribution in [-0.4, -0.2) is 38.4 Å². The van der Waals surface area contributed by atoms with Crippen molar-refractivity contribution >= 4 is 5.97 Å². The van der Waals surface area contributed by atoms with E-state index in [1.54, 1.807) is 7.11 Å². The van der Waals surface area contributed by atoms with E-state index in [1.165, 1.54) is 7.11 Å². The Morgan fingerprint density at radius 1 is 1.27 bits per heavy atom. The van der Waals surface area contributed by atoms with E-state index in [-0.39, 0.29) is 17.9 Å². The van der Waals surface area contributed by atoms with Crippen molar-refractivity contribution in [3.8, 4) is 0 Å². The lowest BCUT2D eigenvalue weighted by Crippen LogP contribution is -2.61. The number of carbonyl (C=O) groups is 1. The van der Waals surface area contributed by atoms with Crippen molar-refractivity contribution in [2.45, 2.75) is 39.3 Å². The average molecular weight is 217 g/mol. The molecule has 1 N–H and O–H groups in total. The Hall–Kier alpha value is -0.610. The number of hydrogen-bond donors (Lipinski definition) is 1. The van der Waals surface area contributed by atoms with Crippen LogP contribution < -0.4 is 5.32 Å². The summed E-state index contributed by atoms with van der Waals surface area (Å²) in [5.74, 6) is -0.166. The highest BCUT2D eigenvalue weighted by Crippen LogP contribution is 2.20. The Morgan fingerprint density at radius 2 is 1.80 bits per heavy atom. The summed E-state index contributed by atoms with van der Waals surface area (Å²) in [4.78, 5) is 11.8. The molecule has 0 aliphatic heterocycles. The van der Waals surface area contributed by atoms with Crippen molar-refractivity contribution in [2.75, 3.05) is 20.8 Å². The molecule has 0 rings (SSSR count). The summed E-state index contributed by atoms with van der Waals surface area (Å²) in [7, 11) is 2.99. The molecule has 0 aliphatic rings. The SMILES string of the molecule is COCC(NC(C)C)(C(=O)OC)C(C)C. The molecule has 0 heterocycles. The Labute approximate surface area is 92.3 Å². The van der Waals surface area contributed by atoms with Crippen LogP contribution in [0.3, 0.4) is 0 Å². The molecule has 4 heteroatoms. The smallest absolute Gasteiger partial charge is 0.328 e. The van der Waals surface area contributed by atoms with Crippen molar-refractivity contribution in [3.05, 3.63) is 0 Å². The number of nitrogens with one attached hydrogen (secondary N) is 1. The lowest BCUT2D eigenvalue weighted by molar-refractivity contribution is -0.154. The molecular formula is C11H23NO3. The van der Waals surface area contributed by atoms with Crippen molar-refractivity contribution in [1.82, 2.24) is 5.32 Å². The Bertz CT molecular complexity index is 204. The molecule has 1 atom stereocenters. The second-order valence-electron chi connectivity index (χ2n) is 4.35. The van der Waals surface area contributed by atoms with Crippen molar-refractivity contribution in [1.29, 1.82) is 0 Å². The van der Waals surface area contributed by atoms with Crippen molar-refractivity contribution < 1.29 is 14.3 Å². The third-order valence-corrected chi connectivity index (χ3v) is 2.45. The van der Waals surface area contributed by atoms with E-state index in [9.17, 15) is 4.79 Å². The first-order valence-corrected chi connectivity index (χ1v) is 5.25. The summed E-state index contributed by atoms with van der Waals surface area (Å²) >= 11 is 0. The molecule has 0 amide bonds. The van der Waals surface area contributed by atoms with Gasteiger partial charge in [-0.1, -0.05) is 13.8 Å². The largest absolute Gasteiger partial charge is 0.468 e. The fourth-order valence-corrected chi connectivity index (χ4v) is 1.65. The summed E-state index contributed by atoms with van der Waals surface area (Å²) in [5, 5.41) is 3.24. The lowest BCUT2D eigenvalue weighted by atomic mass is 9.86. The fraction of sp³-hybridized carbons (Fsp3) is 0.909. The highest BCUT2D eigenvalue weighted by Gasteiger charge is 2.43. The first kappa shape index (κ1) is 14.4. The molecule has 0 aromatic heterocycles. The van der Waals surface area contributed by atoms with Gasteiger partial charge in [-0.2, -0.15) is 0 Å². The van der Waals surface area contributed by atoms with Crippen LogP contribution in [0.25, 0.3) is 0 Å². The van der Waals surface area contributed by atoms with Crippen LogP contribution in [-0.2, 0) is 14.3 Å². The van der Waals surface area contributed by atoms with Gasteiger partial charge in [0.1, 0.15) is 5.54 Å². The Balaban J connectivity index is 4.97. The third kappa shape index (κ3) is 3.47. The predicted octanol–water partition coefficient (Wildman–Crippen LogP) is 1.20. The molecule has 0 aromatic rings. The van der Waals surface area contributed by atoms with Crippen LogP contribution in [0, 0.1) is 5.92 Å². The third-order valence-electron chi connectivity index (χ3n) is 2.45. The van der Waals surface area contributed by atoms with Gasteiger partial charge in [0.05, 0.1) is 13.7 Å². The van der Waals surface area contributed by atoms with Gasteiger partial charge < -0.3 is 9.47 Å². The van der Waals surface area contributed by atoms with Gasteiger partial charge in [-0.05, 0) is 19.8 Å². The van der Waals surface area contributed by atoms with E-state index in [2.05, 4.69) is 5.32 Å². The van der Waals surface area contributed by atoms with Crippen LogP contribution in [0.2, 0.25) is 0 Å². The van der Waals surface area contributed by atoms with Crippen LogP contribution in [0.4, 0.5) is 0 Å². The van der Waals surface area contributed by atoms with Gasteiger partial charge in [-0.15, -0.1) is 0 Å². The molecule has 0 aliphatic carbocycles. The first-order chi connectivity index (χ1) is 6.90. The molecular weight excluding hydrogens is 194 g/mol. The van der Waals surface area contributed by atoms with Crippen LogP contribution in [0.5, 0.6) is 0 Å². The molecule has 0 saturated carbocycles. The maximum Gasteiger partial charge on any atom is 0.328 e. The summed E-state index contributed by atoms with van der Waals surface area (Å²) in [6, 6.07) is 0.196. The van der Waals surface area contributed by atoms with Gasteiger partial charge in [-0.3, -0.25) is 5.32 Å². The number of carbonyl (C=O) groups excluding carboxylic acids is 1. The molecule has 0 aromatic carbocycles. The number of hydrogen-bond acceptors (Lipinski definition) is 4. The minimum absolute atomic E-state index is 0.104. The van der Waals surface area contributed by atoms with Gasteiger partial charge in [0.15, 0.2) is 0 Å². The fourth-order valence-electron chi connectivity index (χ4n) is 1.65.